The fourth-order valence-corrected chi connectivity index (χ4v) is 1.65. The van der Waals surface area contributed by atoms with Crippen LogP contribution in [-0.4, -0.2) is 29.8 Å². The van der Waals surface area contributed by atoms with Crippen molar-refractivity contribution in [2.45, 2.75) is 46.6 Å². The third-order valence-corrected chi connectivity index (χ3v) is 2.87. The van der Waals surface area contributed by atoms with E-state index in [1.807, 2.05) is 20.8 Å². The molecule has 76 valence electrons. The lowest BCUT2D eigenvalue weighted by Crippen LogP contribution is -2.37. The molecule has 1 aliphatic heterocycles. The molecule has 13 heavy (non-hydrogen) atoms. The van der Waals surface area contributed by atoms with E-state index in [2.05, 4.69) is 11.8 Å². The Kier molecular flexibility index (Phi) is 3.12. The van der Waals surface area contributed by atoms with E-state index in [1.54, 1.807) is 0 Å². The van der Waals surface area contributed by atoms with E-state index in [0.29, 0.717) is 18.4 Å². The Morgan fingerprint density at radius 3 is 2.46 bits per heavy atom. The molecule has 0 amide bonds. The Bertz CT molecular complexity index is 193. The lowest BCUT2D eigenvalue weighted by atomic mass is 9.90. The number of carbonyl (C=O) groups excluding carboxylic acids is 1. The minimum atomic E-state index is -0.178. The standard InChI is InChI=1S/C11H21NO/c1-9-6-5-7-12(9)8-10(13)11(2,3)4/h9H,5-8H2,1-4H3. The smallest absolute Gasteiger partial charge is 0.152 e. The van der Waals surface area contributed by atoms with Crippen molar-refractivity contribution in [3.8, 4) is 0 Å². The molecule has 0 aromatic rings. The van der Waals surface area contributed by atoms with Gasteiger partial charge in [0.1, 0.15) is 0 Å². The van der Waals surface area contributed by atoms with Crippen LogP contribution in [0.25, 0.3) is 0 Å². The number of hydrogen-bond donors (Lipinski definition) is 0. The first-order chi connectivity index (χ1) is 5.91. The van der Waals surface area contributed by atoms with Gasteiger partial charge in [-0.05, 0) is 26.3 Å². The highest BCUT2D eigenvalue weighted by Gasteiger charge is 2.27. The molecule has 1 heterocycles. The summed E-state index contributed by atoms with van der Waals surface area (Å²) in [6.45, 7) is 9.94. The van der Waals surface area contributed by atoms with Gasteiger partial charge in [-0.1, -0.05) is 20.8 Å². The summed E-state index contributed by atoms with van der Waals surface area (Å²) in [6.07, 6.45) is 2.50. The van der Waals surface area contributed by atoms with Crippen molar-refractivity contribution >= 4 is 5.78 Å². The second-order valence-corrected chi connectivity index (χ2v) is 5.13. The fourth-order valence-electron chi connectivity index (χ4n) is 1.65. The van der Waals surface area contributed by atoms with Crippen molar-refractivity contribution in [3.63, 3.8) is 0 Å². The van der Waals surface area contributed by atoms with Gasteiger partial charge in [0.2, 0.25) is 0 Å². The number of likely N-dealkylation sites (tertiary alicyclic amines) is 1. The molecule has 0 aliphatic carbocycles. The fraction of sp³-hybridized carbons (Fsp3) is 0.909. The minimum absolute atomic E-state index is 0.178. The van der Waals surface area contributed by atoms with Gasteiger partial charge in [-0.25, -0.2) is 0 Å². The van der Waals surface area contributed by atoms with Crippen LogP contribution in [-0.2, 0) is 4.79 Å². The first-order valence-electron chi connectivity index (χ1n) is 5.18. The van der Waals surface area contributed by atoms with Crippen LogP contribution in [0.1, 0.15) is 40.5 Å². The zero-order chi connectivity index (χ0) is 10.1. The minimum Gasteiger partial charge on any atom is -0.298 e. The summed E-state index contributed by atoms with van der Waals surface area (Å²) in [6, 6.07) is 0.603. The Labute approximate surface area is 81.3 Å². The number of ketones is 1. The van der Waals surface area contributed by atoms with Gasteiger partial charge < -0.3 is 0 Å². The molecule has 1 fully saturated rings. The SMILES string of the molecule is CC1CCCN1CC(=O)C(C)(C)C. The number of rotatable bonds is 2. The molecule has 0 spiro atoms. The zero-order valence-electron chi connectivity index (χ0n) is 9.26. The van der Waals surface area contributed by atoms with Crippen molar-refractivity contribution < 1.29 is 4.79 Å². The van der Waals surface area contributed by atoms with Gasteiger partial charge in [0.15, 0.2) is 5.78 Å². The highest BCUT2D eigenvalue weighted by Crippen LogP contribution is 2.20. The lowest BCUT2D eigenvalue weighted by molar-refractivity contribution is -0.127. The van der Waals surface area contributed by atoms with Crippen molar-refractivity contribution in [1.82, 2.24) is 4.90 Å². The number of nitrogens with zero attached hydrogens (tertiary/aromatic N) is 1. The van der Waals surface area contributed by atoms with Gasteiger partial charge in [-0.2, -0.15) is 0 Å². The van der Waals surface area contributed by atoms with Gasteiger partial charge in [0.25, 0.3) is 0 Å². The summed E-state index contributed by atoms with van der Waals surface area (Å²) in [4.78, 5) is 14.0. The molecule has 0 saturated carbocycles. The first kappa shape index (κ1) is 10.7. The Hall–Kier alpha value is -0.370. The molecule has 0 aromatic heterocycles. The van der Waals surface area contributed by atoms with Crippen LogP contribution in [0, 0.1) is 5.41 Å². The average molecular weight is 183 g/mol. The van der Waals surface area contributed by atoms with E-state index in [9.17, 15) is 4.79 Å². The van der Waals surface area contributed by atoms with Gasteiger partial charge in [-0.3, -0.25) is 9.69 Å². The zero-order valence-corrected chi connectivity index (χ0v) is 9.26. The first-order valence-corrected chi connectivity index (χ1v) is 5.18. The molecule has 1 saturated heterocycles. The van der Waals surface area contributed by atoms with Crippen LogP contribution in [0.3, 0.4) is 0 Å². The maximum atomic E-state index is 11.7. The van der Waals surface area contributed by atoms with Crippen LogP contribution in [0.4, 0.5) is 0 Å². The van der Waals surface area contributed by atoms with Crippen LogP contribution < -0.4 is 0 Å². The summed E-state index contributed by atoms with van der Waals surface area (Å²) in [7, 11) is 0. The van der Waals surface area contributed by atoms with E-state index >= 15 is 0 Å². The molecule has 2 heteroatoms. The van der Waals surface area contributed by atoms with E-state index in [4.69, 9.17) is 0 Å². The number of Topliss-reactive ketones (excluding diaryl/α,β-unsaturated/α-hetero) is 1. The van der Waals surface area contributed by atoms with Crippen molar-refractivity contribution in [2.24, 2.45) is 5.41 Å². The molecular formula is C11H21NO. The highest BCUT2D eigenvalue weighted by atomic mass is 16.1. The Morgan fingerprint density at radius 2 is 2.08 bits per heavy atom. The highest BCUT2D eigenvalue weighted by molar-refractivity contribution is 5.85. The Morgan fingerprint density at radius 1 is 1.46 bits per heavy atom. The second kappa shape index (κ2) is 3.79. The molecule has 0 radical (unpaired) electrons. The predicted molar refractivity (Wildman–Crippen MR) is 54.7 cm³/mol. The molecule has 0 aromatic carbocycles. The molecule has 0 N–H and O–H groups in total. The topological polar surface area (TPSA) is 20.3 Å². The van der Waals surface area contributed by atoms with Crippen molar-refractivity contribution in [2.75, 3.05) is 13.1 Å². The van der Waals surface area contributed by atoms with Crippen LogP contribution >= 0.6 is 0 Å². The van der Waals surface area contributed by atoms with Crippen molar-refractivity contribution in [3.05, 3.63) is 0 Å². The average Bonchev–Trinajstić information content (AvgIpc) is 2.34. The monoisotopic (exact) mass is 183 g/mol. The third-order valence-electron chi connectivity index (χ3n) is 2.87. The Balaban J connectivity index is 2.45. The predicted octanol–water partition coefficient (Wildman–Crippen LogP) is 2.09. The summed E-state index contributed by atoms with van der Waals surface area (Å²) in [5, 5.41) is 0. The van der Waals surface area contributed by atoms with E-state index < -0.39 is 0 Å². The largest absolute Gasteiger partial charge is 0.298 e. The molecular weight excluding hydrogens is 162 g/mol. The van der Waals surface area contributed by atoms with E-state index in [0.717, 1.165) is 6.54 Å². The second-order valence-electron chi connectivity index (χ2n) is 5.13. The number of hydrogen-bond acceptors (Lipinski definition) is 2. The third kappa shape index (κ3) is 2.80. The summed E-state index contributed by atoms with van der Waals surface area (Å²) in [5.41, 5.74) is -0.178. The molecule has 2 nitrogen and oxygen atoms in total. The number of carbonyl (C=O) groups is 1. The molecule has 1 rings (SSSR count). The molecule has 1 atom stereocenters. The van der Waals surface area contributed by atoms with Crippen LogP contribution in [0.5, 0.6) is 0 Å². The normalized spacial score (nSPS) is 25.1. The van der Waals surface area contributed by atoms with E-state index in [-0.39, 0.29) is 5.41 Å². The maximum Gasteiger partial charge on any atom is 0.152 e. The molecule has 1 unspecified atom stereocenters. The van der Waals surface area contributed by atoms with E-state index in [1.165, 1.54) is 12.8 Å². The summed E-state index contributed by atoms with van der Waals surface area (Å²) in [5.74, 6) is 0.362. The lowest BCUT2D eigenvalue weighted by Gasteiger charge is -2.24. The van der Waals surface area contributed by atoms with Crippen LogP contribution in [0.15, 0.2) is 0 Å². The molecule has 1 aliphatic rings. The van der Waals surface area contributed by atoms with Gasteiger partial charge >= 0.3 is 0 Å². The van der Waals surface area contributed by atoms with Gasteiger partial charge in [-0.15, -0.1) is 0 Å². The summed E-state index contributed by atoms with van der Waals surface area (Å²) < 4.78 is 0. The molecule has 0 bridgehead atoms. The quantitative estimate of drug-likeness (QED) is 0.653. The summed E-state index contributed by atoms with van der Waals surface area (Å²) >= 11 is 0. The van der Waals surface area contributed by atoms with Gasteiger partial charge in [0.05, 0.1) is 6.54 Å². The van der Waals surface area contributed by atoms with Crippen molar-refractivity contribution in [1.29, 1.82) is 0 Å². The maximum absolute atomic E-state index is 11.7. The van der Waals surface area contributed by atoms with Crippen LogP contribution in [0.2, 0.25) is 0 Å². The van der Waals surface area contributed by atoms with Gasteiger partial charge in [0, 0.05) is 11.5 Å².